The van der Waals surface area contributed by atoms with Gasteiger partial charge in [-0.05, 0) is 30.9 Å². The summed E-state index contributed by atoms with van der Waals surface area (Å²) in [6.45, 7) is 0. The van der Waals surface area contributed by atoms with Crippen LogP contribution in [0.1, 0.15) is 41.6 Å². The topological polar surface area (TPSA) is 127 Å². The first kappa shape index (κ1) is 17.3. The number of hydrogen-bond acceptors (Lipinski definition) is 5. The third kappa shape index (κ3) is 4.23. The normalized spacial score (nSPS) is 16.1. The number of amides is 1. The minimum Gasteiger partial charge on any atom is -0.507 e. The number of aromatic hydroxyl groups is 1. The number of carboxylic acid groups (broad SMARTS) is 1. The fourth-order valence-corrected chi connectivity index (χ4v) is 2.89. The van der Waals surface area contributed by atoms with Gasteiger partial charge < -0.3 is 25.6 Å². The van der Waals surface area contributed by atoms with Crippen LogP contribution in [0.15, 0.2) is 18.2 Å². The summed E-state index contributed by atoms with van der Waals surface area (Å²) >= 11 is 0. The van der Waals surface area contributed by atoms with E-state index in [0.717, 1.165) is 25.7 Å². The van der Waals surface area contributed by atoms with Crippen molar-refractivity contribution in [1.29, 1.82) is 0 Å². The maximum absolute atomic E-state index is 12.1. The van der Waals surface area contributed by atoms with E-state index < -0.39 is 24.8 Å². The Bertz CT molecular complexity index is 585. The van der Waals surface area contributed by atoms with Crippen molar-refractivity contribution >= 4 is 19.0 Å². The third-order valence-corrected chi connectivity index (χ3v) is 4.20. The Morgan fingerprint density at radius 2 is 1.91 bits per heavy atom. The van der Waals surface area contributed by atoms with Crippen LogP contribution >= 0.6 is 0 Å². The quantitative estimate of drug-likeness (QED) is 0.480. The van der Waals surface area contributed by atoms with Gasteiger partial charge in [0.2, 0.25) is 5.91 Å². The molecule has 1 aliphatic carbocycles. The van der Waals surface area contributed by atoms with Crippen LogP contribution in [0.3, 0.4) is 0 Å². The molecule has 1 amide bonds. The first-order valence-electron chi connectivity index (χ1n) is 7.60. The highest BCUT2D eigenvalue weighted by molar-refractivity contribution is 6.43. The number of para-hydroxylation sites is 1. The molecule has 5 N–H and O–H groups in total. The molecule has 0 spiro atoms. The summed E-state index contributed by atoms with van der Waals surface area (Å²) < 4.78 is 0. The molecule has 0 saturated heterocycles. The minimum absolute atomic E-state index is 0.0803. The molecule has 1 fully saturated rings. The monoisotopic (exact) mass is 321 g/mol. The SMILES string of the molecule is O=C(O)c1cccc(CC(NC(=O)C2CCCC2)B(O)O)c1O. The Kier molecular flexibility index (Phi) is 5.62. The zero-order valence-electron chi connectivity index (χ0n) is 12.6. The van der Waals surface area contributed by atoms with Crippen molar-refractivity contribution < 1.29 is 29.9 Å². The van der Waals surface area contributed by atoms with Gasteiger partial charge in [-0.15, -0.1) is 0 Å². The van der Waals surface area contributed by atoms with Crippen LogP contribution in [-0.4, -0.2) is 45.2 Å². The van der Waals surface area contributed by atoms with Crippen LogP contribution in [0, 0.1) is 5.92 Å². The number of carboxylic acids is 1. The zero-order chi connectivity index (χ0) is 17.0. The van der Waals surface area contributed by atoms with E-state index in [-0.39, 0.29) is 29.4 Å². The molecule has 0 bridgehead atoms. The Morgan fingerprint density at radius 1 is 1.26 bits per heavy atom. The molecule has 7 nitrogen and oxygen atoms in total. The van der Waals surface area contributed by atoms with Gasteiger partial charge in [-0.25, -0.2) is 4.79 Å². The third-order valence-electron chi connectivity index (χ3n) is 4.20. The fraction of sp³-hybridized carbons (Fsp3) is 0.467. The molecular formula is C15H20BNO6. The van der Waals surface area contributed by atoms with Crippen molar-refractivity contribution in [2.45, 2.75) is 38.0 Å². The lowest BCUT2D eigenvalue weighted by atomic mass is 9.75. The van der Waals surface area contributed by atoms with Crippen LogP contribution in [0.2, 0.25) is 0 Å². The lowest BCUT2D eigenvalue weighted by Gasteiger charge is -2.21. The summed E-state index contributed by atoms with van der Waals surface area (Å²) in [6.07, 6.45) is 3.43. The van der Waals surface area contributed by atoms with Crippen molar-refractivity contribution in [2.75, 3.05) is 0 Å². The smallest absolute Gasteiger partial charge is 0.475 e. The highest BCUT2D eigenvalue weighted by Crippen LogP contribution is 2.26. The Morgan fingerprint density at radius 3 is 2.48 bits per heavy atom. The molecule has 1 aliphatic rings. The van der Waals surface area contributed by atoms with Crippen molar-refractivity contribution in [3.05, 3.63) is 29.3 Å². The molecule has 1 unspecified atom stereocenters. The summed E-state index contributed by atoms with van der Waals surface area (Å²) in [4.78, 5) is 23.1. The molecule has 23 heavy (non-hydrogen) atoms. The summed E-state index contributed by atoms with van der Waals surface area (Å²) in [5.41, 5.74) is -0.0366. The Balaban J connectivity index is 2.12. The maximum Gasteiger partial charge on any atom is 0.475 e. The van der Waals surface area contributed by atoms with Crippen LogP contribution in [0.25, 0.3) is 0 Å². The fourth-order valence-electron chi connectivity index (χ4n) is 2.89. The van der Waals surface area contributed by atoms with Gasteiger partial charge in [0.1, 0.15) is 11.3 Å². The first-order chi connectivity index (χ1) is 10.9. The van der Waals surface area contributed by atoms with E-state index in [0.29, 0.717) is 0 Å². The van der Waals surface area contributed by atoms with Crippen LogP contribution in [0.4, 0.5) is 0 Å². The molecule has 0 aliphatic heterocycles. The highest BCUT2D eigenvalue weighted by Gasteiger charge is 2.31. The van der Waals surface area contributed by atoms with Crippen molar-refractivity contribution in [3.8, 4) is 5.75 Å². The number of aromatic carboxylic acids is 1. The van der Waals surface area contributed by atoms with Crippen LogP contribution in [0.5, 0.6) is 5.75 Å². The van der Waals surface area contributed by atoms with E-state index in [4.69, 9.17) is 5.11 Å². The number of phenols is 1. The van der Waals surface area contributed by atoms with E-state index in [9.17, 15) is 24.7 Å². The Labute approximate surface area is 134 Å². The average molecular weight is 321 g/mol. The molecule has 2 rings (SSSR count). The van der Waals surface area contributed by atoms with Crippen molar-refractivity contribution in [1.82, 2.24) is 5.32 Å². The molecule has 1 saturated carbocycles. The van der Waals surface area contributed by atoms with E-state index in [1.54, 1.807) is 0 Å². The average Bonchev–Trinajstić information content (AvgIpc) is 3.02. The van der Waals surface area contributed by atoms with Crippen molar-refractivity contribution in [3.63, 3.8) is 0 Å². The van der Waals surface area contributed by atoms with E-state index in [1.807, 2.05) is 0 Å². The number of hydrogen-bond donors (Lipinski definition) is 5. The lowest BCUT2D eigenvalue weighted by Crippen LogP contribution is -2.49. The second-order valence-electron chi connectivity index (χ2n) is 5.83. The lowest BCUT2D eigenvalue weighted by molar-refractivity contribution is -0.125. The van der Waals surface area contributed by atoms with Crippen molar-refractivity contribution in [2.24, 2.45) is 5.92 Å². The summed E-state index contributed by atoms with van der Waals surface area (Å²) in [5, 5.41) is 40.5. The summed E-state index contributed by atoms with van der Waals surface area (Å²) in [5.74, 6) is -3.09. The number of carbonyl (C=O) groups excluding carboxylic acids is 1. The molecule has 0 radical (unpaired) electrons. The number of rotatable bonds is 6. The van der Waals surface area contributed by atoms with Gasteiger partial charge in [0.05, 0.1) is 5.94 Å². The number of nitrogens with one attached hydrogen (secondary N) is 1. The summed E-state index contributed by atoms with van der Waals surface area (Å²) in [6, 6.07) is 4.19. The minimum atomic E-state index is -1.81. The predicted octanol–water partition coefficient (Wildman–Crippen LogP) is 0.320. The largest absolute Gasteiger partial charge is 0.507 e. The van der Waals surface area contributed by atoms with Gasteiger partial charge >= 0.3 is 13.1 Å². The van der Waals surface area contributed by atoms with Gasteiger partial charge in [-0.3, -0.25) is 4.79 Å². The predicted molar refractivity (Wildman–Crippen MR) is 82.9 cm³/mol. The molecule has 1 atom stereocenters. The number of benzene rings is 1. The second kappa shape index (κ2) is 7.48. The molecule has 1 aromatic carbocycles. The second-order valence-corrected chi connectivity index (χ2v) is 5.83. The molecule has 124 valence electrons. The molecule has 0 heterocycles. The molecular weight excluding hydrogens is 301 g/mol. The zero-order valence-corrected chi connectivity index (χ0v) is 12.6. The molecule has 0 aromatic heterocycles. The first-order valence-corrected chi connectivity index (χ1v) is 7.60. The van der Waals surface area contributed by atoms with Gasteiger partial charge in [0, 0.05) is 5.92 Å². The van der Waals surface area contributed by atoms with Crippen LogP contribution in [-0.2, 0) is 11.2 Å². The Hall–Kier alpha value is -2.06. The summed E-state index contributed by atoms with van der Waals surface area (Å²) in [7, 11) is -1.81. The van der Waals surface area contributed by atoms with E-state index in [1.165, 1.54) is 18.2 Å². The highest BCUT2D eigenvalue weighted by atomic mass is 16.4. The van der Waals surface area contributed by atoms with E-state index >= 15 is 0 Å². The molecule has 8 heteroatoms. The van der Waals surface area contributed by atoms with E-state index in [2.05, 4.69) is 5.32 Å². The van der Waals surface area contributed by atoms with Gasteiger partial charge in [-0.2, -0.15) is 0 Å². The van der Waals surface area contributed by atoms with Gasteiger partial charge in [-0.1, -0.05) is 25.0 Å². The molecule has 1 aromatic rings. The van der Waals surface area contributed by atoms with Gasteiger partial charge in [0.15, 0.2) is 0 Å². The van der Waals surface area contributed by atoms with Crippen LogP contribution < -0.4 is 5.32 Å². The standard InChI is InChI=1S/C15H20BNO6/c18-13-10(6-3-7-11(13)15(20)21)8-12(16(22)23)17-14(19)9-4-1-2-5-9/h3,6-7,9,12,18,22-23H,1-2,4-5,8H2,(H,17,19)(H,20,21). The van der Waals surface area contributed by atoms with Gasteiger partial charge in [0.25, 0.3) is 0 Å². The maximum atomic E-state index is 12.1. The number of carbonyl (C=O) groups is 2.